The molecule has 0 saturated heterocycles. The molecule has 2 N–H and O–H groups in total. The molecule has 1 heterocycles. The van der Waals surface area contributed by atoms with Gasteiger partial charge in [-0.25, -0.2) is 4.98 Å². The third kappa shape index (κ3) is 4.48. The van der Waals surface area contributed by atoms with Crippen molar-refractivity contribution in [2.45, 2.75) is 0 Å². The van der Waals surface area contributed by atoms with Gasteiger partial charge in [0.15, 0.2) is 0 Å². The summed E-state index contributed by atoms with van der Waals surface area (Å²) in [7, 11) is 0. The monoisotopic (exact) mass is 363 g/mol. The summed E-state index contributed by atoms with van der Waals surface area (Å²) in [6.45, 7) is 0. The fourth-order valence-corrected chi connectivity index (χ4v) is 2.21. The first kappa shape index (κ1) is 17.7. The van der Waals surface area contributed by atoms with Crippen molar-refractivity contribution >= 4 is 34.6 Å². The zero-order valence-electron chi connectivity index (χ0n) is 13.8. The van der Waals surface area contributed by atoms with Gasteiger partial charge in [-0.15, -0.1) is 0 Å². The second-order valence-electron chi connectivity index (χ2n) is 5.37. The first-order valence-corrected chi connectivity index (χ1v) is 7.77. The van der Waals surface area contributed by atoms with E-state index in [0.29, 0.717) is 11.2 Å². The number of amides is 2. The van der Waals surface area contributed by atoms with Crippen LogP contribution in [-0.2, 0) is 4.79 Å². The first-order valence-electron chi connectivity index (χ1n) is 7.77. The van der Waals surface area contributed by atoms with Crippen LogP contribution in [0.5, 0.6) is 0 Å². The highest BCUT2D eigenvalue weighted by Crippen LogP contribution is 2.12. The van der Waals surface area contributed by atoms with Crippen LogP contribution < -0.4 is 10.9 Å². The molecule has 0 aliphatic rings. The Morgan fingerprint density at radius 3 is 2.59 bits per heavy atom. The van der Waals surface area contributed by atoms with Crippen molar-refractivity contribution < 1.29 is 14.5 Å². The number of benzene rings is 2. The van der Waals surface area contributed by atoms with E-state index in [-0.39, 0.29) is 11.3 Å². The minimum atomic E-state index is -0.675. The molecule has 0 fully saturated rings. The number of hydrazine groups is 1. The van der Waals surface area contributed by atoms with Crippen molar-refractivity contribution in [3.8, 4) is 0 Å². The van der Waals surface area contributed by atoms with E-state index in [0.717, 1.165) is 11.6 Å². The number of hydrogen-bond donors (Lipinski definition) is 2. The third-order valence-corrected chi connectivity index (χ3v) is 3.49. The standard InChI is InChI=1S/C18H13N5O4/c24-17(9-8-13-11-19-15-6-1-2-7-16(15)20-13)21-22-18(25)12-4-3-5-14(10-12)23(26)27/h1-11H,(H,21,24)(H,22,25). The molecule has 134 valence electrons. The van der Waals surface area contributed by atoms with Crippen LogP contribution in [0.3, 0.4) is 0 Å². The zero-order chi connectivity index (χ0) is 19.2. The number of non-ortho nitro benzene ring substituents is 1. The summed E-state index contributed by atoms with van der Waals surface area (Å²) in [5.74, 6) is -1.27. The molecule has 2 amide bonds. The SMILES string of the molecule is O=C(C=Cc1cnc2ccccc2n1)NNC(=O)c1cccc([N+](=O)[O-])c1. The predicted octanol–water partition coefficient (Wildman–Crippen LogP) is 2.01. The van der Waals surface area contributed by atoms with Crippen LogP contribution in [0.1, 0.15) is 16.1 Å². The lowest BCUT2D eigenvalue weighted by Crippen LogP contribution is -2.40. The number of nitrogens with one attached hydrogen (secondary N) is 2. The highest BCUT2D eigenvalue weighted by molar-refractivity contribution is 5.98. The third-order valence-electron chi connectivity index (χ3n) is 3.49. The van der Waals surface area contributed by atoms with Crippen molar-refractivity contribution in [3.05, 3.63) is 82.2 Å². The van der Waals surface area contributed by atoms with Gasteiger partial charge in [0.25, 0.3) is 17.5 Å². The van der Waals surface area contributed by atoms with Gasteiger partial charge in [-0.05, 0) is 24.3 Å². The number of rotatable bonds is 4. The molecular formula is C18H13N5O4. The molecular weight excluding hydrogens is 350 g/mol. The molecule has 1 aromatic heterocycles. The van der Waals surface area contributed by atoms with Gasteiger partial charge in [0.2, 0.25) is 0 Å². The van der Waals surface area contributed by atoms with E-state index < -0.39 is 16.7 Å². The van der Waals surface area contributed by atoms with E-state index in [2.05, 4.69) is 20.8 Å². The van der Waals surface area contributed by atoms with Crippen molar-refractivity contribution in [2.24, 2.45) is 0 Å². The van der Waals surface area contributed by atoms with Gasteiger partial charge >= 0.3 is 0 Å². The molecule has 0 bridgehead atoms. The summed E-state index contributed by atoms with van der Waals surface area (Å²) in [6.07, 6.45) is 4.16. The number of hydrogen-bond acceptors (Lipinski definition) is 6. The summed E-state index contributed by atoms with van der Waals surface area (Å²) in [5.41, 5.74) is 6.12. The van der Waals surface area contributed by atoms with Gasteiger partial charge in [-0.2, -0.15) is 0 Å². The Morgan fingerprint density at radius 2 is 1.81 bits per heavy atom. The average molecular weight is 363 g/mol. The quantitative estimate of drug-likeness (QED) is 0.415. The molecule has 0 aliphatic heterocycles. The van der Waals surface area contributed by atoms with Crippen molar-refractivity contribution in [1.29, 1.82) is 0 Å². The molecule has 27 heavy (non-hydrogen) atoms. The van der Waals surface area contributed by atoms with Crippen LogP contribution in [0.25, 0.3) is 17.1 Å². The number of carbonyl (C=O) groups excluding carboxylic acids is 2. The maximum absolute atomic E-state index is 11.9. The van der Waals surface area contributed by atoms with E-state index in [1.54, 1.807) is 6.07 Å². The number of aromatic nitrogens is 2. The molecule has 2 aromatic carbocycles. The molecule has 0 saturated carbocycles. The van der Waals surface area contributed by atoms with Gasteiger partial charge in [0, 0.05) is 23.8 Å². The van der Waals surface area contributed by atoms with Crippen molar-refractivity contribution in [2.75, 3.05) is 0 Å². The number of fused-ring (bicyclic) bond motifs is 1. The molecule has 9 nitrogen and oxygen atoms in total. The number of carbonyl (C=O) groups is 2. The fourth-order valence-electron chi connectivity index (χ4n) is 2.21. The number of nitro benzene ring substituents is 1. The van der Waals surface area contributed by atoms with Gasteiger partial charge in [0.1, 0.15) is 0 Å². The summed E-state index contributed by atoms with van der Waals surface area (Å²) in [5, 5.41) is 10.7. The number of nitro groups is 1. The average Bonchev–Trinajstić information content (AvgIpc) is 2.70. The Morgan fingerprint density at radius 1 is 1.04 bits per heavy atom. The molecule has 3 aromatic rings. The zero-order valence-corrected chi connectivity index (χ0v) is 13.8. The Bertz CT molecular complexity index is 1060. The highest BCUT2D eigenvalue weighted by Gasteiger charge is 2.11. The van der Waals surface area contributed by atoms with E-state index in [1.807, 2.05) is 18.2 Å². The van der Waals surface area contributed by atoms with E-state index in [1.165, 1.54) is 36.5 Å². The predicted molar refractivity (Wildman–Crippen MR) is 97.3 cm³/mol. The number of nitrogens with zero attached hydrogens (tertiary/aromatic N) is 3. The summed E-state index contributed by atoms with van der Waals surface area (Å²) in [6, 6.07) is 12.5. The molecule has 0 aliphatic carbocycles. The lowest BCUT2D eigenvalue weighted by molar-refractivity contribution is -0.384. The maximum Gasteiger partial charge on any atom is 0.270 e. The van der Waals surface area contributed by atoms with Crippen LogP contribution in [0.4, 0.5) is 5.69 Å². The molecule has 0 unspecified atom stereocenters. The Labute approximate surface area is 152 Å². The van der Waals surface area contributed by atoms with Crippen LogP contribution in [0.15, 0.2) is 60.8 Å². The van der Waals surface area contributed by atoms with Crippen LogP contribution in [0.2, 0.25) is 0 Å². The smallest absolute Gasteiger partial charge is 0.268 e. The lowest BCUT2D eigenvalue weighted by atomic mass is 10.2. The molecule has 9 heteroatoms. The van der Waals surface area contributed by atoms with E-state index in [4.69, 9.17) is 0 Å². The van der Waals surface area contributed by atoms with Gasteiger partial charge in [-0.3, -0.25) is 35.5 Å². The van der Waals surface area contributed by atoms with E-state index >= 15 is 0 Å². The van der Waals surface area contributed by atoms with Gasteiger partial charge < -0.3 is 0 Å². The fraction of sp³-hybridized carbons (Fsp3) is 0. The highest BCUT2D eigenvalue weighted by atomic mass is 16.6. The Kier molecular flexibility index (Phi) is 5.12. The summed E-state index contributed by atoms with van der Waals surface area (Å²) in [4.78, 5) is 42.5. The molecule has 0 spiro atoms. The summed E-state index contributed by atoms with van der Waals surface area (Å²) >= 11 is 0. The van der Waals surface area contributed by atoms with Crippen LogP contribution in [0, 0.1) is 10.1 Å². The molecule has 0 radical (unpaired) electrons. The lowest BCUT2D eigenvalue weighted by Gasteiger charge is -2.05. The largest absolute Gasteiger partial charge is 0.270 e. The Hall–Kier alpha value is -4.14. The second kappa shape index (κ2) is 7.83. The topological polar surface area (TPSA) is 127 Å². The van der Waals surface area contributed by atoms with Crippen molar-refractivity contribution in [1.82, 2.24) is 20.8 Å². The normalized spacial score (nSPS) is 10.7. The van der Waals surface area contributed by atoms with Gasteiger partial charge in [0.05, 0.1) is 27.8 Å². The first-order chi connectivity index (χ1) is 13.0. The minimum Gasteiger partial charge on any atom is -0.268 e. The van der Waals surface area contributed by atoms with Gasteiger partial charge in [-0.1, -0.05) is 18.2 Å². The Balaban J connectivity index is 1.60. The van der Waals surface area contributed by atoms with Crippen molar-refractivity contribution in [3.63, 3.8) is 0 Å². The number of para-hydroxylation sites is 2. The minimum absolute atomic E-state index is 0.0499. The molecule has 3 rings (SSSR count). The van der Waals surface area contributed by atoms with E-state index in [9.17, 15) is 19.7 Å². The van der Waals surface area contributed by atoms with Crippen LogP contribution in [-0.4, -0.2) is 26.7 Å². The second-order valence-corrected chi connectivity index (χ2v) is 5.37. The summed E-state index contributed by atoms with van der Waals surface area (Å²) < 4.78 is 0. The maximum atomic E-state index is 11.9. The molecule has 0 atom stereocenters. The van der Waals surface area contributed by atoms with Crippen LogP contribution >= 0.6 is 0 Å².